The van der Waals surface area contributed by atoms with Crippen molar-refractivity contribution >= 4 is 12.0 Å². The molecule has 1 aromatic rings. The number of carbonyl (C=O) groups excluding carboxylic acids is 2. The minimum absolute atomic E-state index is 0.0774. The van der Waals surface area contributed by atoms with Crippen LogP contribution >= 0.6 is 0 Å². The zero-order valence-electron chi connectivity index (χ0n) is 7.90. The van der Waals surface area contributed by atoms with Gasteiger partial charge in [0, 0.05) is 12.2 Å². The Morgan fingerprint density at radius 3 is 2.71 bits per heavy atom. The summed E-state index contributed by atoms with van der Waals surface area (Å²) < 4.78 is 1.60. The Labute approximate surface area is 80.5 Å². The maximum atomic E-state index is 11.1. The number of nitrogens with one attached hydrogen (secondary N) is 1. The Balaban J connectivity index is 2.85. The fourth-order valence-corrected chi connectivity index (χ4v) is 1.10. The first kappa shape index (κ1) is 10.2. The molecule has 76 valence electrons. The minimum atomic E-state index is -1.63. The maximum absolute atomic E-state index is 11.1. The van der Waals surface area contributed by atoms with E-state index < -0.39 is 12.0 Å². The number of aryl methyl sites for hydroxylation is 2. The van der Waals surface area contributed by atoms with Gasteiger partial charge >= 0.3 is 0 Å². The highest BCUT2D eigenvalue weighted by Crippen LogP contribution is 2.02. The largest absolute Gasteiger partial charge is 0.530 e. The standard InChI is InChI=1S/C8H11N3O3/c1-3-11-5(2)4-6(10-11)7(12)9-8(13)14/h4H,3H2,1-2H3,(H,9,12)(H,13,14)/p-1. The van der Waals surface area contributed by atoms with Crippen LogP contribution < -0.4 is 10.4 Å². The van der Waals surface area contributed by atoms with Crippen molar-refractivity contribution in [2.45, 2.75) is 20.4 Å². The molecule has 0 aromatic carbocycles. The Hall–Kier alpha value is -1.85. The number of rotatable bonds is 2. The van der Waals surface area contributed by atoms with Crippen molar-refractivity contribution in [3.63, 3.8) is 0 Å². The quantitative estimate of drug-likeness (QED) is 0.676. The monoisotopic (exact) mass is 196 g/mol. The van der Waals surface area contributed by atoms with E-state index in [0.29, 0.717) is 6.54 Å². The predicted molar refractivity (Wildman–Crippen MR) is 45.5 cm³/mol. The van der Waals surface area contributed by atoms with E-state index in [1.165, 1.54) is 6.07 Å². The van der Waals surface area contributed by atoms with Crippen molar-refractivity contribution in [2.75, 3.05) is 0 Å². The van der Waals surface area contributed by atoms with Gasteiger partial charge in [0.25, 0.3) is 5.91 Å². The molecule has 1 aromatic heterocycles. The van der Waals surface area contributed by atoms with Gasteiger partial charge in [0.2, 0.25) is 0 Å². The molecule has 14 heavy (non-hydrogen) atoms. The van der Waals surface area contributed by atoms with Crippen LogP contribution in [0.1, 0.15) is 23.1 Å². The molecule has 0 aliphatic heterocycles. The number of aromatic nitrogens is 2. The van der Waals surface area contributed by atoms with Crippen LogP contribution in [0.5, 0.6) is 0 Å². The molecule has 2 amide bonds. The van der Waals surface area contributed by atoms with Crippen molar-refractivity contribution in [1.29, 1.82) is 0 Å². The number of imide groups is 1. The Morgan fingerprint density at radius 1 is 1.64 bits per heavy atom. The summed E-state index contributed by atoms with van der Waals surface area (Å²) in [6.45, 7) is 4.29. The molecular weight excluding hydrogens is 186 g/mol. The Kier molecular flexibility index (Phi) is 2.85. The van der Waals surface area contributed by atoms with Crippen molar-refractivity contribution in [1.82, 2.24) is 15.1 Å². The molecule has 0 aliphatic rings. The van der Waals surface area contributed by atoms with Gasteiger partial charge in [0.15, 0.2) is 5.69 Å². The van der Waals surface area contributed by atoms with E-state index >= 15 is 0 Å². The van der Waals surface area contributed by atoms with Crippen LogP contribution in [0.15, 0.2) is 6.07 Å². The van der Waals surface area contributed by atoms with Crippen LogP contribution in [-0.2, 0) is 6.54 Å². The van der Waals surface area contributed by atoms with Crippen LogP contribution in [0.2, 0.25) is 0 Å². The van der Waals surface area contributed by atoms with E-state index in [4.69, 9.17) is 0 Å². The zero-order chi connectivity index (χ0) is 10.7. The molecule has 1 N–H and O–H groups in total. The molecule has 6 heteroatoms. The van der Waals surface area contributed by atoms with E-state index in [0.717, 1.165) is 5.69 Å². The molecule has 0 saturated heterocycles. The third-order valence-corrected chi connectivity index (χ3v) is 1.73. The van der Waals surface area contributed by atoms with Gasteiger partial charge < -0.3 is 15.2 Å². The summed E-state index contributed by atoms with van der Waals surface area (Å²) in [7, 11) is 0. The molecule has 0 spiro atoms. The molecule has 0 atom stereocenters. The van der Waals surface area contributed by atoms with Gasteiger partial charge in [-0.05, 0) is 19.9 Å². The third-order valence-electron chi connectivity index (χ3n) is 1.73. The van der Waals surface area contributed by atoms with Crippen LogP contribution in [-0.4, -0.2) is 21.8 Å². The lowest BCUT2D eigenvalue weighted by Crippen LogP contribution is -2.40. The average Bonchev–Trinajstić information content (AvgIpc) is 2.45. The molecule has 0 saturated carbocycles. The summed E-state index contributed by atoms with van der Waals surface area (Å²) in [6, 6.07) is 1.52. The number of hydrogen-bond donors (Lipinski definition) is 1. The highest BCUT2D eigenvalue weighted by atomic mass is 16.4. The predicted octanol–water partition coefficient (Wildman–Crippen LogP) is -0.715. The first-order valence-corrected chi connectivity index (χ1v) is 4.11. The molecule has 0 aliphatic carbocycles. The normalized spacial score (nSPS) is 9.86. The summed E-state index contributed by atoms with van der Waals surface area (Å²) in [6.07, 6.45) is -1.63. The maximum Gasteiger partial charge on any atom is 0.277 e. The average molecular weight is 196 g/mol. The van der Waals surface area contributed by atoms with E-state index in [2.05, 4.69) is 5.10 Å². The Morgan fingerprint density at radius 2 is 2.29 bits per heavy atom. The lowest BCUT2D eigenvalue weighted by Gasteiger charge is -2.01. The third kappa shape index (κ3) is 2.09. The molecule has 0 fully saturated rings. The summed E-state index contributed by atoms with van der Waals surface area (Å²) in [4.78, 5) is 21.2. The molecule has 1 heterocycles. The topological polar surface area (TPSA) is 87.0 Å². The van der Waals surface area contributed by atoms with Crippen molar-refractivity contribution in [2.24, 2.45) is 0 Å². The van der Waals surface area contributed by atoms with Gasteiger partial charge in [-0.25, -0.2) is 0 Å². The van der Waals surface area contributed by atoms with Gasteiger partial charge in [-0.1, -0.05) is 0 Å². The second-order valence-corrected chi connectivity index (χ2v) is 2.73. The molecule has 0 radical (unpaired) electrons. The lowest BCUT2D eigenvalue weighted by molar-refractivity contribution is -0.249. The second-order valence-electron chi connectivity index (χ2n) is 2.73. The second kappa shape index (κ2) is 3.91. The van der Waals surface area contributed by atoms with Crippen molar-refractivity contribution < 1.29 is 14.7 Å². The first-order valence-electron chi connectivity index (χ1n) is 4.11. The summed E-state index contributed by atoms with van der Waals surface area (Å²) >= 11 is 0. The smallest absolute Gasteiger partial charge is 0.277 e. The number of amides is 2. The van der Waals surface area contributed by atoms with Gasteiger partial charge in [-0.15, -0.1) is 0 Å². The fourth-order valence-electron chi connectivity index (χ4n) is 1.10. The van der Waals surface area contributed by atoms with Gasteiger partial charge in [-0.3, -0.25) is 9.48 Å². The van der Waals surface area contributed by atoms with Crippen LogP contribution in [0, 0.1) is 6.92 Å². The van der Waals surface area contributed by atoms with Gasteiger partial charge in [-0.2, -0.15) is 5.10 Å². The highest BCUT2D eigenvalue weighted by Gasteiger charge is 2.10. The van der Waals surface area contributed by atoms with Crippen LogP contribution in [0.4, 0.5) is 4.79 Å². The molecule has 1 rings (SSSR count). The molecule has 0 bridgehead atoms. The van der Waals surface area contributed by atoms with Crippen LogP contribution in [0.3, 0.4) is 0 Å². The fraction of sp³-hybridized carbons (Fsp3) is 0.375. The number of nitrogens with zero attached hydrogens (tertiary/aromatic N) is 2. The van der Waals surface area contributed by atoms with E-state index in [-0.39, 0.29) is 5.69 Å². The van der Waals surface area contributed by atoms with E-state index in [9.17, 15) is 14.7 Å². The van der Waals surface area contributed by atoms with Crippen molar-refractivity contribution in [3.8, 4) is 0 Å². The lowest BCUT2D eigenvalue weighted by atomic mass is 10.3. The van der Waals surface area contributed by atoms with Gasteiger partial charge in [0.1, 0.15) is 6.09 Å². The van der Waals surface area contributed by atoms with Crippen LogP contribution in [0.25, 0.3) is 0 Å². The Bertz CT molecular complexity index is 370. The summed E-state index contributed by atoms with van der Waals surface area (Å²) in [5.74, 6) is -0.764. The van der Waals surface area contributed by atoms with E-state index in [1.54, 1.807) is 16.9 Å². The van der Waals surface area contributed by atoms with Gasteiger partial charge in [0.05, 0.1) is 0 Å². The zero-order valence-corrected chi connectivity index (χ0v) is 7.90. The summed E-state index contributed by atoms with van der Waals surface area (Å²) in [5.41, 5.74) is 0.879. The SMILES string of the molecule is CCn1nc(C(=O)NC(=O)[O-])cc1C. The molecular formula is C8H10N3O3-. The number of hydrogen-bond acceptors (Lipinski definition) is 4. The summed E-state index contributed by atoms with van der Waals surface area (Å²) in [5, 5.41) is 15.6. The minimum Gasteiger partial charge on any atom is -0.530 e. The highest BCUT2D eigenvalue weighted by molar-refractivity contribution is 6.00. The van der Waals surface area contributed by atoms with Crippen molar-refractivity contribution in [3.05, 3.63) is 17.5 Å². The molecule has 0 unspecified atom stereocenters. The van der Waals surface area contributed by atoms with E-state index in [1.807, 2.05) is 6.92 Å². The number of carbonyl (C=O) groups is 2. The first-order chi connectivity index (χ1) is 6.54. The molecule has 6 nitrogen and oxygen atoms in total. The number of carboxylic acid groups (broad SMARTS) is 1.